The quantitative estimate of drug-likeness (QED) is 0.224. The van der Waals surface area contributed by atoms with Crippen molar-refractivity contribution in [3.05, 3.63) is 0 Å². The molecule has 1 aliphatic heterocycles. The number of rotatable bonds is 19. The van der Waals surface area contributed by atoms with E-state index in [9.17, 15) is 0 Å². The van der Waals surface area contributed by atoms with E-state index in [-0.39, 0.29) is 0 Å². The zero-order valence-corrected chi connectivity index (χ0v) is 20.8. The molecule has 1 rings (SSSR count). The zero-order chi connectivity index (χ0) is 22.1. The van der Waals surface area contributed by atoms with Crippen LogP contribution in [0.3, 0.4) is 0 Å². The van der Waals surface area contributed by atoms with Gasteiger partial charge < -0.3 is 19.1 Å². The standard InChI is InChI=1S/C24H51N3O3/c1-25(2)21-22-27-20-16-19-26(23-27)18-15-13-11-9-7-6-8-10-12-14-17-24(28-3,29-4)30-5/h6-23H2,1-5H3. The van der Waals surface area contributed by atoms with Crippen molar-refractivity contribution in [3.8, 4) is 0 Å². The first kappa shape index (κ1) is 27.8. The largest absolute Gasteiger partial charge is 0.331 e. The van der Waals surface area contributed by atoms with E-state index in [1.165, 1.54) is 104 Å². The Kier molecular flexibility index (Phi) is 16.1. The Balaban J connectivity index is 1.90. The highest BCUT2D eigenvalue weighted by molar-refractivity contribution is 4.69. The summed E-state index contributed by atoms with van der Waals surface area (Å²) in [5, 5.41) is 0. The third-order valence-corrected chi connectivity index (χ3v) is 6.35. The fourth-order valence-electron chi connectivity index (χ4n) is 4.30. The van der Waals surface area contributed by atoms with Crippen LogP contribution in [0.25, 0.3) is 0 Å². The summed E-state index contributed by atoms with van der Waals surface area (Å²) in [7, 11) is 9.25. The maximum absolute atomic E-state index is 5.34. The molecule has 30 heavy (non-hydrogen) atoms. The van der Waals surface area contributed by atoms with E-state index >= 15 is 0 Å². The van der Waals surface area contributed by atoms with Gasteiger partial charge in [0.05, 0.1) is 6.67 Å². The molecule has 1 aliphatic rings. The lowest BCUT2D eigenvalue weighted by atomic mass is 10.1. The molecule has 6 heteroatoms. The number of hydrogen-bond donors (Lipinski definition) is 0. The Morgan fingerprint density at radius 3 is 1.63 bits per heavy atom. The second kappa shape index (κ2) is 17.3. The first-order valence-corrected chi connectivity index (χ1v) is 12.3. The normalized spacial score (nSPS) is 16.6. The number of methoxy groups -OCH3 is 3. The van der Waals surface area contributed by atoms with Crippen molar-refractivity contribution in [2.45, 2.75) is 83.0 Å². The van der Waals surface area contributed by atoms with Crippen LogP contribution in [0.5, 0.6) is 0 Å². The molecule has 0 N–H and O–H groups in total. The van der Waals surface area contributed by atoms with E-state index in [0.717, 1.165) is 12.8 Å². The molecule has 6 nitrogen and oxygen atoms in total. The molecule has 0 saturated carbocycles. The number of unbranched alkanes of at least 4 members (excludes halogenated alkanes) is 9. The summed E-state index contributed by atoms with van der Waals surface area (Å²) >= 11 is 0. The van der Waals surface area contributed by atoms with Crippen molar-refractivity contribution in [1.29, 1.82) is 0 Å². The van der Waals surface area contributed by atoms with Gasteiger partial charge in [-0.2, -0.15) is 0 Å². The Bertz CT molecular complexity index is 384. The van der Waals surface area contributed by atoms with Gasteiger partial charge in [-0.25, -0.2) is 0 Å². The van der Waals surface area contributed by atoms with Crippen LogP contribution in [0.4, 0.5) is 0 Å². The van der Waals surface area contributed by atoms with Gasteiger partial charge in [0.25, 0.3) is 5.97 Å². The first-order chi connectivity index (χ1) is 14.5. The Hall–Kier alpha value is -0.240. The average Bonchev–Trinajstić information content (AvgIpc) is 2.76. The number of hydrogen-bond acceptors (Lipinski definition) is 6. The van der Waals surface area contributed by atoms with Crippen LogP contribution >= 0.6 is 0 Å². The molecule has 0 amide bonds. The number of ether oxygens (including phenoxy) is 3. The molecule has 180 valence electrons. The highest BCUT2D eigenvalue weighted by Gasteiger charge is 2.28. The third-order valence-electron chi connectivity index (χ3n) is 6.35. The second-order valence-corrected chi connectivity index (χ2v) is 9.12. The fraction of sp³-hybridized carbons (Fsp3) is 1.00. The highest BCUT2D eigenvalue weighted by atomic mass is 16.9. The van der Waals surface area contributed by atoms with E-state index in [2.05, 4.69) is 28.8 Å². The van der Waals surface area contributed by atoms with Gasteiger partial charge in [-0.05, 0) is 39.9 Å². The van der Waals surface area contributed by atoms with Crippen molar-refractivity contribution in [1.82, 2.24) is 14.7 Å². The lowest BCUT2D eigenvalue weighted by molar-refractivity contribution is -0.355. The molecule has 0 aromatic carbocycles. The summed E-state index contributed by atoms with van der Waals surface area (Å²) in [6.07, 6.45) is 15.4. The van der Waals surface area contributed by atoms with Crippen LogP contribution in [-0.2, 0) is 14.2 Å². The van der Waals surface area contributed by atoms with Crippen LogP contribution in [0, 0.1) is 0 Å². The fourth-order valence-corrected chi connectivity index (χ4v) is 4.30. The third kappa shape index (κ3) is 12.6. The molecule has 1 heterocycles. The van der Waals surface area contributed by atoms with Gasteiger partial charge in [-0.15, -0.1) is 0 Å². The summed E-state index contributed by atoms with van der Waals surface area (Å²) < 4.78 is 16.0. The van der Waals surface area contributed by atoms with E-state index in [1.54, 1.807) is 21.3 Å². The predicted octanol–water partition coefficient (Wildman–Crippen LogP) is 4.40. The number of nitrogens with zero attached hydrogens (tertiary/aromatic N) is 3. The Morgan fingerprint density at radius 1 is 0.667 bits per heavy atom. The van der Waals surface area contributed by atoms with E-state index in [4.69, 9.17) is 14.2 Å². The molecule has 0 aliphatic carbocycles. The van der Waals surface area contributed by atoms with E-state index < -0.39 is 5.97 Å². The summed E-state index contributed by atoms with van der Waals surface area (Å²) in [6.45, 7) is 7.39. The van der Waals surface area contributed by atoms with Gasteiger partial charge in [0, 0.05) is 53.9 Å². The Labute approximate surface area is 187 Å². The first-order valence-electron chi connectivity index (χ1n) is 12.3. The van der Waals surface area contributed by atoms with Crippen LogP contribution in [0.15, 0.2) is 0 Å². The smallest absolute Gasteiger partial charge is 0.282 e. The van der Waals surface area contributed by atoms with Crippen molar-refractivity contribution in [2.75, 3.05) is 74.8 Å². The zero-order valence-electron chi connectivity index (χ0n) is 20.8. The van der Waals surface area contributed by atoms with Crippen LogP contribution in [0.1, 0.15) is 77.0 Å². The summed E-state index contributed by atoms with van der Waals surface area (Å²) in [4.78, 5) is 7.56. The Morgan fingerprint density at radius 2 is 1.13 bits per heavy atom. The van der Waals surface area contributed by atoms with E-state index in [0.29, 0.717) is 0 Å². The van der Waals surface area contributed by atoms with Crippen LogP contribution in [0.2, 0.25) is 0 Å². The van der Waals surface area contributed by atoms with Gasteiger partial charge >= 0.3 is 0 Å². The summed E-state index contributed by atoms with van der Waals surface area (Å²) in [6, 6.07) is 0. The van der Waals surface area contributed by atoms with Gasteiger partial charge in [-0.3, -0.25) is 9.80 Å². The van der Waals surface area contributed by atoms with Crippen molar-refractivity contribution in [3.63, 3.8) is 0 Å². The van der Waals surface area contributed by atoms with Crippen LogP contribution < -0.4 is 0 Å². The van der Waals surface area contributed by atoms with Gasteiger partial charge in [0.15, 0.2) is 0 Å². The van der Waals surface area contributed by atoms with Gasteiger partial charge in [0.2, 0.25) is 0 Å². The van der Waals surface area contributed by atoms with Gasteiger partial charge in [-0.1, -0.05) is 51.4 Å². The van der Waals surface area contributed by atoms with Crippen molar-refractivity contribution in [2.24, 2.45) is 0 Å². The molecule has 0 atom stereocenters. The molecule has 0 radical (unpaired) electrons. The van der Waals surface area contributed by atoms with Gasteiger partial charge in [0.1, 0.15) is 0 Å². The molecule has 0 aromatic heterocycles. The maximum Gasteiger partial charge on any atom is 0.282 e. The molecular weight excluding hydrogens is 378 g/mol. The molecule has 0 spiro atoms. The molecule has 1 saturated heterocycles. The summed E-state index contributed by atoms with van der Waals surface area (Å²) in [5.41, 5.74) is 0. The molecule has 1 fully saturated rings. The number of likely N-dealkylation sites (N-methyl/N-ethyl adjacent to an activating group) is 1. The average molecular weight is 430 g/mol. The molecular formula is C24H51N3O3. The molecule has 0 bridgehead atoms. The second-order valence-electron chi connectivity index (χ2n) is 9.12. The lowest BCUT2D eigenvalue weighted by Gasteiger charge is -2.36. The molecule has 0 aromatic rings. The minimum absolute atomic E-state index is 0.793. The lowest BCUT2D eigenvalue weighted by Crippen LogP contribution is -2.46. The van der Waals surface area contributed by atoms with Crippen molar-refractivity contribution < 1.29 is 14.2 Å². The summed E-state index contributed by atoms with van der Waals surface area (Å²) in [5.74, 6) is -0.849. The van der Waals surface area contributed by atoms with E-state index in [1.807, 2.05) is 0 Å². The minimum atomic E-state index is -0.849. The van der Waals surface area contributed by atoms with Crippen molar-refractivity contribution >= 4 is 0 Å². The maximum atomic E-state index is 5.34. The minimum Gasteiger partial charge on any atom is -0.331 e. The molecule has 0 unspecified atom stereocenters. The van der Waals surface area contributed by atoms with Crippen LogP contribution in [-0.4, -0.2) is 95.5 Å². The monoisotopic (exact) mass is 429 g/mol. The topological polar surface area (TPSA) is 37.4 Å². The highest BCUT2D eigenvalue weighted by Crippen LogP contribution is 2.21. The SMILES string of the molecule is COC(CCCCCCCCCCCCN1CCCN(CCN(C)C)C1)(OC)OC. The predicted molar refractivity (Wildman–Crippen MR) is 126 cm³/mol.